The lowest BCUT2D eigenvalue weighted by Crippen LogP contribution is -2.18. The fourth-order valence-electron chi connectivity index (χ4n) is 5.27. The van der Waals surface area contributed by atoms with Crippen LogP contribution in [0.2, 0.25) is 0 Å². The third kappa shape index (κ3) is 3.11. The van der Waals surface area contributed by atoms with Gasteiger partial charge in [0.15, 0.2) is 0 Å². The first-order chi connectivity index (χ1) is 14.8. The van der Waals surface area contributed by atoms with Crippen LogP contribution >= 0.6 is 0 Å². The number of benzene rings is 3. The van der Waals surface area contributed by atoms with Crippen LogP contribution in [0.5, 0.6) is 0 Å². The summed E-state index contributed by atoms with van der Waals surface area (Å²) in [6.07, 6.45) is 2.34. The largest absolute Gasteiger partial charge is 0.268 e. The fourth-order valence-corrected chi connectivity index (χ4v) is 6.79. The molecule has 0 N–H and O–H groups in total. The van der Waals surface area contributed by atoms with Crippen molar-refractivity contribution >= 4 is 31.8 Å². The molecule has 5 rings (SSSR count). The first kappa shape index (κ1) is 20.3. The van der Waals surface area contributed by atoms with E-state index in [1.54, 1.807) is 16.1 Å². The predicted molar refractivity (Wildman–Crippen MR) is 128 cm³/mol. The summed E-state index contributed by atoms with van der Waals surface area (Å²) in [5, 5.41) is 2.02. The molecular weight excluding hydrogens is 402 g/mol. The Bertz CT molecular complexity index is 1390. The molecule has 0 spiro atoms. The fraction of sp³-hybridized carbons (Fsp3) is 0.333. The Morgan fingerprint density at radius 1 is 0.871 bits per heavy atom. The molecule has 1 heterocycles. The second-order valence-corrected chi connectivity index (χ2v) is 11.2. The lowest BCUT2D eigenvalue weighted by molar-refractivity contribution is 0.411. The van der Waals surface area contributed by atoms with Crippen molar-refractivity contribution < 1.29 is 8.42 Å². The Kier molecular flexibility index (Phi) is 4.74. The maximum Gasteiger partial charge on any atom is 0.268 e. The molecule has 0 radical (unpaired) electrons. The van der Waals surface area contributed by atoms with E-state index in [4.69, 9.17) is 0 Å². The molecular formula is C27H29NO2S. The summed E-state index contributed by atoms with van der Waals surface area (Å²) in [6, 6.07) is 19.5. The number of hydrogen-bond acceptors (Lipinski definition) is 2. The molecule has 1 aliphatic rings. The Morgan fingerprint density at radius 2 is 1.58 bits per heavy atom. The number of hydrogen-bond donors (Lipinski definition) is 0. The van der Waals surface area contributed by atoms with Crippen LogP contribution in [0.1, 0.15) is 62.1 Å². The number of para-hydroxylation sites is 1. The van der Waals surface area contributed by atoms with Gasteiger partial charge in [-0.05, 0) is 79.0 Å². The van der Waals surface area contributed by atoms with Crippen LogP contribution in [0.25, 0.3) is 21.8 Å². The minimum Gasteiger partial charge on any atom is -0.233 e. The third-order valence-electron chi connectivity index (χ3n) is 7.04. The van der Waals surface area contributed by atoms with Gasteiger partial charge < -0.3 is 0 Å². The molecule has 0 bridgehead atoms. The summed E-state index contributed by atoms with van der Waals surface area (Å²) in [5.74, 6) is 1.48. The summed E-state index contributed by atoms with van der Waals surface area (Å²) < 4.78 is 29.3. The summed E-state index contributed by atoms with van der Waals surface area (Å²) in [5.41, 5.74) is 5.29. The Labute approximate surface area is 184 Å². The monoisotopic (exact) mass is 431 g/mol. The van der Waals surface area contributed by atoms with E-state index in [1.807, 2.05) is 43.3 Å². The topological polar surface area (TPSA) is 39.1 Å². The van der Waals surface area contributed by atoms with E-state index in [1.165, 1.54) is 17.5 Å². The van der Waals surface area contributed by atoms with E-state index in [-0.39, 0.29) is 0 Å². The van der Waals surface area contributed by atoms with Gasteiger partial charge in [-0.1, -0.05) is 56.7 Å². The van der Waals surface area contributed by atoms with Crippen molar-refractivity contribution in [1.82, 2.24) is 3.97 Å². The Morgan fingerprint density at radius 3 is 2.29 bits per heavy atom. The molecule has 160 valence electrons. The molecule has 31 heavy (non-hydrogen) atoms. The maximum atomic E-state index is 13.8. The third-order valence-corrected chi connectivity index (χ3v) is 8.78. The predicted octanol–water partition coefficient (Wildman–Crippen LogP) is 6.98. The van der Waals surface area contributed by atoms with Crippen molar-refractivity contribution in [2.45, 2.75) is 57.3 Å². The smallest absolute Gasteiger partial charge is 0.233 e. The van der Waals surface area contributed by atoms with Crippen molar-refractivity contribution in [3.05, 3.63) is 77.4 Å². The van der Waals surface area contributed by atoms with Gasteiger partial charge in [0.1, 0.15) is 0 Å². The van der Waals surface area contributed by atoms with E-state index in [2.05, 4.69) is 32.9 Å². The lowest BCUT2D eigenvalue weighted by atomic mass is 9.73. The number of nitrogens with zero attached hydrogens (tertiary/aromatic N) is 1. The van der Waals surface area contributed by atoms with Crippen molar-refractivity contribution in [2.75, 3.05) is 0 Å². The first-order valence-electron chi connectivity index (χ1n) is 11.2. The van der Waals surface area contributed by atoms with Crippen molar-refractivity contribution in [3.8, 4) is 0 Å². The highest BCUT2D eigenvalue weighted by Gasteiger charge is 2.30. The molecule has 1 aliphatic carbocycles. The molecule has 4 heteroatoms. The average Bonchev–Trinajstić information content (AvgIpc) is 3.07. The molecule has 0 fully saturated rings. The van der Waals surface area contributed by atoms with Gasteiger partial charge in [0, 0.05) is 10.8 Å². The van der Waals surface area contributed by atoms with Crippen LogP contribution in [0.4, 0.5) is 0 Å². The van der Waals surface area contributed by atoms with Crippen LogP contribution in [-0.2, 0) is 10.0 Å². The van der Waals surface area contributed by atoms with Gasteiger partial charge in [-0.25, -0.2) is 12.4 Å². The van der Waals surface area contributed by atoms with Crippen LogP contribution < -0.4 is 0 Å². The summed E-state index contributed by atoms with van der Waals surface area (Å²) in [7, 11) is -3.73. The standard InChI is InChI=1S/C27H29NO2S/c1-17(2)21-14-11-19(4)23-15-25-22-7-5-6-8-26(22)28(27(25)16-24(21)23)31(29,30)20-12-9-18(3)10-13-20/h5-10,12-13,15-17,19,21H,11,14H2,1-4H3/t19-,21+/m1/s1. The lowest BCUT2D eigenvalue weighted by Gasteiger charge is -2.32. The zero-order valence-electron chi connectivity index (χ0n) is 18.6. The van der Waals surface area contributed by atoms with Crippen molar-refractivity contribution in [3.63, 3.8) is 0 Å². The van der Waals surface area contributed by atoms with Gasteiger partial charge in [0.05, 0.1) is 15.9 Å². The van der Waals surface area contributed by atoms with Gasteiger partial charge in [-0.3, -0.25) is 0 Å². The molecule has 3 aromatic carbocycles. The molecule has 0 amide bonds. The van der Waals surface area contributed by atoms with E-state index >= 15 is 0 Å². The molecule has 0 aliphatic heterocycles. The normalized spacial score (nSPS) is 19.3. The van der Waals surface area contributed by atoms with Gasteiger partial charge >= 0.3 is 0 Å². The first-order valence-corrected chi connectivity index (χ1v) is 12.6. The van der Waals surface area contributed by atoms with Gasteiger partial charge in [0.25, 0.3) is 10.0 Å². The molecule has 0 unspecified atom stereocenters. The van der Waals surface area contributed by atoms with Crippen LogP contribution in [0.3, 0.4) is 0 Å². The molecule has 4 aromatic rings. The van der Waals surface area contributed by atoms with Gasteiger partial charge in [-0.2, -0.15) is 0 Å². The van der Waals surface area contributed by atoms with E-state index in [0.29, 0.717) is 22.6 Å². The zero-order valence-corrected chi connectivity index (χ0v) is 19.4. The Hall–Kier alpha value is -2.59. The number of rotatable bonds is 3. The minimum atomic E-state index is -3.73. The summed E-state index contributed by atoms with van der Waals surface area (Å²) in [6.45, 7) is 8.81. The van der Waals surface area contributed by atoms with Crippen molar-refractivity contribution in [1.29, 1.82) is 0 Å². The second-order valence-electron chi connectivity index (χ2n) is 9.43. The molecule has 2 atom stereocenters. The molecule has 0 saturated carbocycles. The summed E-state index contributed by atoms with van der Waals surface area (Å²) in [4.78, 5) is 0.326. The highest BCUT2D eigenvalue weighted by Crippen LogP contribution is 2.45. The highest BCUT2D eigenvalue weighted by atomic mass is 32.2. The quantitative estimate of drug-likeness (QED) is 0.351. The van der Waals surface area contributed by atoms with E-state index in [9.17, 15) is 8.42 Å². The molecule has 1 aromatic heterocycles. The van der Waals surface area contributed by atoms with Crippen LogP contribution in [0, 0.1) is 12.8 Å². The highest BCUT2D eigenvalue weighted by molar-refractivity contribution is 7.90. The second kappa shape index (κ2) is 7.23. The minimum absolute atomic E-state index is 0.326. The number of aryl methyl sites for hydroxylation is 1. The van der Waals surface area contributed by atoms with Crippen LogP contribution in [-0.4, -0.2) is 12.4 Å². The van der Waals surface area contributed by atoms with Gasteiger partial charge in [-0.15, -0.1) is 0 Å². The van der Waals surface area contributed by atoms with E-state index in [0.717, 1.165) is 33.8 Å². The zero-order chi connectivity index (χ0) is 21.9. The summed E-state index contributed by atoms with van der Waals surface area (Å²) >= 11 is 0. The van der Waals surface area contributed by atoms with Crippen LogP contribution in [0.15, 0.2) is 65.6 Å². The molecule has 3 nitrogen and oxygen atoms in total. The maximum absolute atomic E-state index is 13.8. The van der Waals surface area contributed by atoms with Gasteiger partial charge in [0.2, 0.25) is 0 Å². The number of fused-ring (bicyclic) bond motifs is 4. The Balaban J connectivity index is 1.88. The average molecular weight is 432 g/mol. The van der Waals surface area contributed by atoms with Crippen molar-refractivity contribution in [2.24, 2.45) is 5.92 Å². The number of aromatic nitrogens is 1. The van der Waals surface area contributed by atoms with E-state index < -0.39 is 10.0 Å². The SMILES string of the molecule is Cc1ccc(S(=O)(=O)n2c3ccccc3c3cc4c(cc32)[C@H](C(C)C)CC[C@H]4C)cc1. The molecule has 0 saturated heterocycles.